The summed E-state index contributed by atoms with van der Waals surface area (Å²) < 4.78 is 0. The molecule has 0 spiro atoms. The molecule has 1 unspecified atom stereocenters. The molecule has 2 N–H and O–H groups in total. The van der Waals surface area contributed by atoms with Crippen molar-refractivity contribution in [1.82, 2.24) is 10.6 Å². The van der Waals surface area contributed by atoms with E-state index in [1.165, 1.54) is 12.8 Å². The lowest BCUT2D eigenvalue weighted by Gasteiger charge is -2.39. The average Bonchev–Trinajstić information content (AvgIpc) is 1.79. The Morgan fingerprint density at radius 2 is 1.92 bits per heavy atom. The molecule has 0 aliphatic carbocycles. The van der Waals surface area contributed by atoms with Gasteiger partial charge in [0.15, 0.2) is 0 Å². The highest BCUT2D eigenvalue weighted by Crippen LogP contribution is 2.20. The molecule has 1 atom stereocenters. The fraction of sp³-hybridized carbons (Fsp3) is 1.00. The van der Waals surface area contributed by atoms with Gasteiger partial charge in [-0.1, -0.05) is 0 Å². The molecular formula is C11H24N2. The van der Waals surface area contributed by atoms with Gasteiger partial charge >= 0.3 is 0 Å². The van der Waals surface area contributed by atoms with Gasteiger partial charge in [-0.2, -0.15) is 0 Å². The highest BCUT2D eigenvalue weighted by Gasteiger charge is 2.29. The van der Waals surface area contributed by atoms with Gasteiger partial charge in [0.25, 0.3) is 0 Å². The van der Waals surface area contributed by atoms with Gasteiger partial charge < -0.3 is 10.6 Å². The number of hydrogen-bond donors (Lipinski definition) is 2. The van der Waals surface area contributed by atoms with Crippen LogP contribution in [0.3, 0.4) is 0 Å². The summed E-state index contributed by atoms with van der Waals surface area (Å²) in [6, 6.07) is 0.677. The summed E-state index contributed by atoms with van der Waals surface area (Å²) in [5.74, 6) is 0. The lowest BCUT2D eigenvalue weighted by atomic mass is 9.88. The van der Waals surface area contributed by atoms with Crippen molar-refractivity contribution < 1.29 is 0 Å². The molecule has 78 valence electrons. The zero-order chi connectivity index (χ0) is 10.1. The largest absolute Gasteiger partial charge is 0.312 e. The van der Waals surface area contributed by atoms with E-state index in [0.717, 1.165) is 6.54 Å². The average molecular weight is 184 g/mol. The van der Waals surface area contributed by atoms with E-state index in [1.54, 1.807) is 0 Å². The quantitative estimate of drug-likeness (QED) is 0.650. The van der Waals surface area contributed by atoms with E-state index in [2.05, 4.69) is 45.3 Å². The standard InChI is InChI=1S/C11H24N2/c1-10(2,3)13-9-6-7-12-11(4,5)8-9/h9,12-13H,6-8H2,1-5H3. The molecule has 0 saturated carbocycles. The Labute approximate surface area is 82.5 Å². The van der Waals surface area contributed by atoms with Gasteiger partial charge in [-0.3, -0.25) is 0 Å². The molecule has 0 aromatic heterocycles. The Kier molecular flexibility index (Phi) is 3.03. The van der Waals surface area contributed by atoms with Crippen LogP contribution in [0.4, 0.5) is 0 Å². The minimum Gasteiger partial charge on any atom is -0.312 e. The van der Waals surface area contributed by atoms with Crippen molar-refractivity contribution >= 4 is 0 Å². The van der Waals surface area contributed by atoms with Crippen LogP contribution in [0.1, 0.15) is 47.5 Å². The monoisotopic (exact) mass is 184 g/mol. The van der Waals surface area contributed by atoms with Gasteiger partial charge in [0, 0.05) is 17.1 Å². The van der Waals surface area contributed by atoms with Crippen molar-refractivity contribution in [2.45, 2.75) is 64.6 Å². The van der Waals surface area contributed by atoms with Crippen molar-refractivity contribution in [2.24, 2.45) is 0 Å². The molecular weight excluding hydrogens is 160 g/mol. The van der Waals surface area contributed by atoms with E-state index in [4.69, 9.17) is 0 Å². The maximum absolute atomic E-state index is 3.67. The molecule has 0 amide bonds. The van der Waals surface area contributed by atoms with Crippen LogP contribution < -0.4 is 10.6 Å². The van der Waals surface area contributed by atoms with Crippen LogP contribution in [0.25, 0.3) is 0 Å². The van der Waals surface area contributed by atoms with Gasteiger partial charge in [-0.05, 0) is 54.0 Å². The van der Waals surface area contributed by atoms with Crippen molar-refractivity contribution in [3.63, 3.8) is 0 Å². The molecule has 13 heavy (non-hydrogen) atoms. The van der Waals surface area contributed by atoms with E-state index >= 15 is 0 Å². The molecule has 0 bridgehead atoms. The summed E-state index contributed by atoms with van der Waals surface area (Å²) in [6.45, 7) is 12.4. The smallest absolute Gasteiger partial charge is 0.0139 e. The Balaban J connectivity index is 2.44. The summed E-state index contributed by atoms with van der Waals surface area (Å²) in [7, 11) is 0. The van der Waals surface area contributed by atoms with Crippen LogP contribution in [0.5, 0.6) is 0 Å². The van der Waals surface area contributed by atoms with Gasteiger partial charge in [-0.25, -0.2) is 0 Å². The Morgan fingerprint density at radius 3 is 2.38 bits per heavy atom. The molecule has 0 aromatic rings. The Hall–Kier alpha value is -0.0800. The third kappa shape index (κ3) is 4.10. The first-order chi connectivity index (χ1) is 5.79. The number of rotatable bonds is 1. The molecule has 1 heterocycles. The topological polar surface area (TPSA) is 24.1 Å². The van der Waals surface area contributed by atoms with E-state index in [9.17, 15) is 0 Å². The summed E-state index contributed by atoms with van der Waals surface area (Å²) in [4.78, 5) is 0. The van der Waals surface area contributed by atoms with Crippen molar-refractivity contribution in [1.29, 1.82) is 0 Å². The fourth-order valence-corrected chi connectivity index (χ4v) is 2.11. The van der Waals surface area contributed by atoms with Gasteiger partial charge in [0.1, 0.15) is 0 Å². The number of hydrogen-bond acceptors (Lipinski definition) is 2. The molecule has 1 rings (SSSR count). The zero-order valence-electron chi connectivity index (χ0n) is 9.70. The first-order valence-electron chi connectivity index (χ1n) is 5.31. The first-order valence-corrected chi connectivity index (χ1v) is 5.31. The molecule has 0 aromatic carbocycles. The van der Waals surface area contributed by atoms with Crippen LogP contribution in [0.2, 0.25) is 0 Å². The second-order valence-electron chi connectivity index (χ2n) is 5.89. The lowest BCUT2D eigenvalue weighted by Crippen LogP contribution is -2.55. The van der Waals surface area contributed by atoms with E-state index in [1.807, 2.05) is 0 Å². The van der Waals surface area contributed by atoms with Crippen molar-refractivity contribution in [2.75, 3.05) is 6.54 Å². The van der Waals surface area contributed by atoms with Gasteiger partial charge in [-0.15, -0.1) is 0 Å². The first kappa shape index (κ1) is 11.0. The van der Waals surface area contributed by atoms with Crippen molar-refractivity contribution in [3.8, 4) is 0 Å². The third-order valence-corrected chi connectivity index (χ3v) is 2.49. The third-order valence-electron chi connectivity index (χ3n) is 2.49. The van der Waals surface area contributed by atoms with Crippen LogP contribution >= 0.6 is 0 Å². The van der Waals surface area contributed by atoms with Gasteiger partial charge in [0.05, 0.1) is 0 Å². The maximum atomic E-state index is 3.67. The molecule has 1 aliphatic heterocycles. The number of piperidine rings is 1. The van der Waals surface area contributed by atoms with Crippen LogP contribution in [0.15, 0.2) is 0 Å². The molecule has 0 radical (unpaired) electrons. The maximum Gasteiger partial charge on any atom is 0.0139 e. The number of nitrogens with one attached hydrogen (secondary N) is 2. The van der Waals surface area contributed by atoms with Crippen LogP contribution in [0, 0.1) is 0 Å². The molecule has 2 nitrogen and oxygen atoms in total. The lowest BCUT2D eigenvalue weighted by molar-refractivity contribution is 0.218. The highest BCUT2D eigenvalue weighted by atomic mass is 15.0. The minimum absolute atomic E-state index is 0.248. The van der Waals surface area contributed by atoms with Crippen LogP contribution in [-0.2, 0) is 0 Å². The predicted octanol–water partition coefficient (Wildman–Crippen LogP) is 1.91. The second kappa shape index (κ2) is 3.58. The van der Waals surface area contributed by atoms with Crippen molar-refractivity contribution in [3.05, 3.63) is 0 Å². The molecule has 1 saturated heterocycles. The minimum atomic E-state index is 0.248. The summed E-state index contributed by atoms with van der Waals surface area (Å²) >= 11 is 0. The summed E-state index contributed by atoms with van der Waals surface area (Å²) in [6.07, 6.45) is 2.48. The highest BCUT2D eigenvalue weighted by molar-refractivity contribution is 4.91. The molecule has 1 fully saturated rings. The molecule has 1 aliphatic rings. The normalized spacial score (nSPS) is 28.8. The summed E-state index contributed by atoms with van der Waals surface area (Å²) in [5, 5.41) is 7.21. The zero-order valence-corrected chi connectivity index (χ0v) is 9.70. The SMILES string of the molecule is CC(C)(C)NC1CCNC(C)(C)C1. The Bertz CT molecular complexity index is 165. The van der Waals surface area contributed by atoms with Crippen LogP contribution in [-0.4, -0.2) is 23.7 Å². The fourth-order valence-electron chi connectivity index (χ4n) is 2.11. The van der Waals surface area contributed by atoms with E-state index < -0.39 is 0 Å². The molecule has 2 heteroatoms. The predicted molar refractivity (Wildman–Crippen MR) is 58.0 cm³/mol. The van der Waals surface area contributed by atoms with E-state index in [-0.39, 0.29) is 5.54 Å². The Morgan fingerprint density at radius 1 is 1.31 bits per heavy atom. The second-order valence-corrected chi connectivity index (χ2v) is 5.89. The summed E-state index contributed by atoms with van der Waals surface area (Å²) in [5.41, 5.74) is 0.555. The van der Waals surface area contributed by atoms with Gasteiger partial charge in [0.2, 0.25) is 0 Å². The van der Waals surface area contributed by atoms with E-state index in [0.29, 0.717) is 11.6 Å².